The summed E-state index contributed by atoms with van der Waals surface area (Å²) in [6.45, 7) is 1.59. The molecule has 0 saturated heterocycles. The van der Waals surface area contributed by atoms with E-state index in [1.807, 2.05) is 18.4 Å². The second-order valence-corrected chi connectivity index (χ2v) is 4.07. The Morgan fingerprint density at radius 2 is 2.30 bits per heavy atom. The second-order valence-electron chi connectivity index (χ2n) is 1.88. The van der Waals surface area contributed by atoms with Gasteiger partial charge in [-0.1, -0.05) is 0 Å². The molecule has 0 N–H and O–H groups in total. The summed E-state index contributed by atoms with van der Waals surface area (Å²) in [7, 11) is 0. The molecule has 0 bridgehead atoms. The van der Waals surface area contributed by atoms with Crippen molar-refractivity contribution in [2.24, 2.45) is 0 Å². The van der Waals surface area contributed by atoms with Gasteiger partial charge in [-0.2, -0.15) is 0 Å². The van der Waals surface area contributed by atoms with Gasteiger partial charge in [0.05, 0.1) is 9.09 Å². The fraction of sp³-hybridized carbons (Fsp3) is 0.286. The Labute approximate surface area is 68.5 Å². The van der Waals surface area contributed by atoms with Gasteiger partial charge in [0.15, 0.2) is 5.78 Å². The van der Waals surface area contributed by atoms with Gasteiger partial charge in [0.25, 0.3) is 0 Å². The number of ketones is 1. The fourth-order valence-electron chi connectivity index (χ4n) is 0.619. The molecule has 0 atom stereocenters. The van der Waals surface area contributed by atoms with Crippen LogP contribution in [-0.4, -0.2) is 12.0 Å². The highest BCUT2D eigenvalue weighted by atomic mass is 32.2. The highest BCUT2D eigenvalue weighted by Crippen LogP contribution is 2.24. The summed E-state index contributed by atoms with van der Waals surface area (Å²) in [5.41, 5.74) is 0. The molecular formula is C7H8OS2. The number of thioether (sulfide) groups is 1. The Morgan fingerprint density at radius 1 is 1.60 bits per heavy atom. The molecule has 0 radical (unpaired) electrons. The molecule has 0 fully saturated rings. The van der Waals surface area contributed by atoms with Crippen molar-refractivity contribution in [1.82, 2.24) is 0 Å². The summed E-state index contributed by atoms with van der Waals surface area (Å²) in [4.78, 5) is 11.6. The minimum atomic E-state index is 0.158. The third-order valence-corrected chi connectivity index (χ3v) is 3.40. The number of carbonyl (C=O) groups excluding carboxylic acids is 1. The van der Waals surface area contributed by atoms with Gasteiger partial charge in [-0.25, -0.2) is 0 Å². The van der Waals surface area contributed by atoms with Crippen LogP contribution in [0.25, 0.3) is 0 Å². The van der Waals surface area contributed by atoms with Crippen LogP contribution in [0.4, 0.5) is 0 Å². The molecule has 0 aliphatic rings. The molecule has 3 heteroatoms. The molecule has 1 nitrogen and oxygen atoms in total. The first kappa shape index (κ1) is 7.82. The second kappa shape index (κ2) is 3.21. The molecule has 1 rings (SSSR count). The van der Waals surface area contributed by atoms with Gasteiger partial charge in [-0.05, 0) is 25.3 Å². The Hall–Kier alpha value is -0.280. The van der Waals surface area contributed by atoms with Crippen LogP contribution >= 0.6 is 23.1 Å². The van der Waals surface area contributed by atoms with Crippen molar-refractivity contribution in [2.45, 2.75) is 11.1 Å². The lowest BCUT2D eigenvalue weighted by molar-refractivity contribution is 0.102. The van der Waals surface area contributed by atoms with E-state index in [-0.39, 0.29) is 5.78 Å². The van der Waals surface area contributed by atoms with Crippen molar-refractivity contribution in [3.8, 4) is 0 Å². The van der Waals surface area contributed by atoms with Gasteiger partial charge in [0.2, 0.25) is 0 Å². The Balaban J connectivity index is 2.88. The van der Waals surface area contributed by atoms with Crippen LogP contribution in [0.15, 0.2) is 16.3 Å². The van der Waals surface area contributed by atoms with Crippen molar-refractivity contribution in [3.63, 3.8) is 0 Å². The number of hydrogen-bond acceptors (Lipinski definition) is 3. The van der Waals surface area contributed by atoms with E-state index in [1.165, 1.54) is 4.21 Å². The van der Waals surface area contributed by atoms with Crippen molar-refractivity contribution in [3.05, 3.63) is 17.0 Å². The zero-order valence-corrected chi connectivity index (χ0v) is 7.51. The quantitative estimate of drug-likeness (QED) is 0.504. The van der Waals surface area contributed by atoms with E-state index in [0.717, 1.165) is 4.88 Å². The third kappa shape index (κ3) is 1.61. The van der Waals surface area contributed by atoms with Crippen molar-refractivity contribution in [1.29, 1.82) is 0 Å². The lowest BCUT2D eigenvalue weighted by atomic mass is 10.4. The number of thiophene rings is 1. The molecule has 1 aromatic heterocycles. The van der Waals surface area contributed by atoms with Crippen LogP contribution in [0, 0.1) is 0 Å². The van der Waals surface area contributed by atoms with Crippen LogP contribution < -0.4 is 0 Å². The molecule has 54 valence electrons. The van der Waals surface area contributed by atoms with E-state index < -0.39 is 0 Å². The van der Waals surface area contributed by atoms with E-state index in [2.05, 4.69) is 0 Å². The number of carbonyl (C=O) groups is 1. The topological polar surface area (TPSA) is 17.1 Å². The molecular weight excluding hydrogens is 164 g/mol. The SMILES string of the molecule is CSc1ccc(C(C)=O)s1. The fourth-order valence-corrected chi connectivity index (χ4v) is 2.06. The Bertz CT molecular complexity index is 240. The first-order valence-corrected chi connectivity index (χ1v) is 4.93. The maximum absolute atomic E-state index is 10.8. The first-order valence-electron chi connectivity index (χ1n) is 2.89. The largest absolute Gasteiger partial charge is 0.294 e. The van der Waals surface area contributed by atoms with Gasteiger partial charge in [-0.15, -0.1) is 23.1 Å². The average molecular weight is 172 g/mol. The van der Waals surface area contributed by atoms with Crippen LogP contribution in [-0.2, 0) is 0 Å². The predicted molar refractivity (Wildman–Crippen MR) is 46.1 cm³/mol. The Kier molecular flexibility index (Phi) is 2.51. The third-order valence-electron chi connectivity index (χ3n) is 1.13. The van der Waals surface area contributed by atoms with Crippen LogP contribution in [0.5, 0.6) is 0 Å². The standard InChI is InChI=1S/C7H8OS2/c1-5(8)6-3-4-7(9-2)10-6/h3-4H,1-2H3. The van der Waals surface area contributed by atoms with Crippen molar-refractivity contribution in [2.75, 3.05) is 6.26 Å². The van der Waals surface area contributed by atoms with Crippen LogP contribution in [0.1, 0.15) is 16.6 Å². The van der Waals surface area contributed by atoms with Gasteiger partial charge in [0, 0.05) is 0 Å². The average Bonchev–Trinajstić information content (AvgIpc) is 2.34. The summed E-state index contributed by atoms with van der Waals surface area (Å²) < 4.78 is 1.20. The van der Waals surface area contributed by atoms with Crippen LogP contribution in [0.3, 0.4) is 0 Å². The summed E-state index contributed by atoms with van der Waals surface area (Å²) in [5, 5.41) is 0. The lowest BCUT2D eigenvalue weighted by Gasteiger charge is -1.84. The lowest BCUT2D eigenvalue weighted by Crippen LogP contribution is -1.83. The molecule has 1 heterocycles. The summed E-state index contributed by atoms with van der Waals surface area (Å²) in [6.07, 6.45) is 2.01. The molecule has 0 unspecified atom stereocenters. The monoisotopic (exact) mass is 172 g/mol. The zero-order valence-electron chi connectivity index (χ0n) is 5.88. The molecule has 0 aromatic carbocycles. The number of Topliss-reactive ketones (excluding diaryl/α,β-unsaturated/α-hetero) is 1. The maximum Gasteiger partial charge on any atom is 0.169 e. The maximum atomic E-state index is 10.8. The molecule has 0 spiro atoms. The summed E-state index contributed by atoms with van der Waals surface area (Å²) >= 11 is 3.23. The number of rotatable bonds is 2. The summed E-state index contributed by atoms with van der Waals surface area (Å²) in [6, 6.07) is 3.85. The predicted octanol–water partition coefficient (Wildman–Crippen LogP) is 2.67. The smallest absolute Gasteiger partial charge is 0.169 e. The van der Waals surface area contributed by atoms with Gasteiger partial charge < -0.3 is 0 Å². The van der Waals surface area contributed by atoms with E-state index >= 15 is 0 Å². The molecule has 10 heavy (non-hydrogen) atoms. The molecule has 1 aromatic rings. The highest BCUT2D eigenvalue weighted by molar-refractivity contribution is 8.00. The van der Waals surface area contributed by atoms with Gasteiger partial charge >= 0.3 is 0 Å². The normalized spacial score (nSPS) is 9.80. The molecule has 0 saturated carbocycles. The minimum absolute atomic E-state index is 0.158. The highest BCUT2D eigenvalue weighted by Gasteiger charge is 2.01. The van der Waals surface area contributed by atoms with Gasteiger partial charge in [0.1, 0.15) is 0 Å². The van der Waals surface area contributed by atoms with E-state index in [9.17, 15) is 4.79 Å². The van der Waals surface area contributed by atoms with Crippen LogP contribution in [0.2, 0.25) is 0 Å². The van der Waals surface area contributed by atoms with Crippen molar-refractivity contribution < 1.29 is 4.79 Å². The van der Waals surface area contributed by atoms with E-state index in [1.54, 1.807) is 30.0 Å². The number of hydrogen-bond donors (Lipinski definition) is 0. The summed E-state index contributed by atoms with van der Waals surface area (Å²) in [5.74, 6) is 0.158. The van der Waals surface area contributed by atoms with Crippen molar-refractivity contribution >= 4 is 28.9 Å². The molecule has 0 aliphatic carbocycles. The van der Waals surface area contributed by atoms with E-state index in [0.29, 0.717) is 0 Å². The zero-order chi connectivity index (χ0) is 7.56. The molecule has 0 amide bonds. The first-order chi connectivity index (χ1) is 4.74. The van der Waals surface area contributed by atoms with Gasteiger partial charge in [-0.3, -0.25) is 4.79 Å². The minimum Gasteiger partial charge on any atom is -0.294 e. The van der Waals surface area contributed by atoms with E-state index in [4.69, 9.17) is 0 Å². The Morgan fingerprint density at radius 3 is 2.60 bits per heavy atom. The molecule has 0 aliphatic heterocycles.